The van der Waals surface area contributed by atoms with Crippen molar-refractivity contribution in [3.05, 3.63) is 34.1 Å². The molecule has 0 aromatic heterocycles. The van der Waals surface area contributed by atoms with Crippen LogP contribution in [0.5, 0.6) is 0 Å². The molecule has 14 heavy (non-hydrogen) atoms. The molecule has 0 fully saturated rings. The van der Waals surface area contributed by atoms with Crippen LogP contribution in [0.25, 0.3) is 0 Å². The summed E-state index contributed by atoms with van der Waals surface area (Å²) in [6.45, 7) is 1.99. The van der Waals surface area contributed by atoms with Gasteiger partial charge in [0.2, 0.25) is 0 Å². The normalized spacial score (nSPS) is 12.9. The molecular weight excluding hydrogens is 245 g/mol. The van der Waals surface area contributed by atoms with Crippen molar-refractivity contribution in [3.8, 4) is 0 Å². The van der Waals surface area contributed by atoms with E-state index in [0.717, 1.165) is 29.3 Å². The third kappa shape index (κ3) is 3.76. The van der Waals surface area contributed by atoms with Crippen LogP contribution in [-0.2, 0) is 6.42 Å². The number of benzene rings is 1. The van der Waals surface area contributed by atoms with Gasteiger partial charge in [-0.3, -0.25) is 0 Å². The van der Waals surface area contributed by atoms with Crippen molar-refractivity contribution in [2.75, 3.05) is 0 Å². The fraction of sp³-hybridized carbons (Fsp3) is 0.455. The zero-order chi connectivity index (χ0) is 10.6. The maximum Gasteiger partial charge on any atom is 0.123 e. The Hall–Kier alpha value is -0.410. The monoisotopic (exact) mass is 259 g/mol. The van der Waals surface area contributed by atoms with E-state index >= 15 is 0 Å². The number of halogens is 2. The molecule has 1 atom stereocenters. The van der Waals surface area contributed by atoms with Crippen molar-refractivity contribution >= 4 is 15.9 Å². The third-order valence-electron chi connectivity index (χ3n) is 2.11. The van der Waals surface area contributed by atoms with Gasteiger partial charge in [0.15, 0.2) is 0 Å². The van der Waals surface area contributed by atoms with Gasteiger partial charge in [0.25, 0.3) is 0 Å². The van der Waals surface area contributed by atoms with Gasteiger partial charge in [0, 0.05) is 10.5 Å². The lowest BCUT2D eigenvalue weighted by Gasteiger charge is -2.06. The summed E-state index contributed by atoms with van der Waals surface area (Å²) in [6, 6.07) is 5.00. The van der Waals surface area contributed by atoms with Crippen molar-refractivity contribution in [2.24, 2.45) is 5.73 Å². The van der Waals surface area contributed by atoms with E-state index in [2.05, 4.69) is 15.9 Å². The second kappa shape index (κ2) is 5.47. The van der Waals surface area contributed by atoms with Gasteiger partial charge in [-0.2, -0.15) is 0 Å². The first-order valence-corrected chi connectivity index (χ1v) is 5.58. The number of rotatable bonds is 4. The van der Waals surface area contributed by atoms with E-state index in [1.807, 2.05) is 6.92 Å². The van der Waals surface area contributed by atoms with Gasteiger partial charge < -0.3 is 5.73 Å². The Morgan fingerprint density at radius 2 is 2.21 bits per heavy atom. The Balaban J connectivity index is 2.53. The van der Waals surface area contributed by atoms with Crippen LogP contribution in [0.2, 0.25) is 0 Å². The molecule has 3 heteroatoms. The van der Waals surface area contributed by atoms with E-state index in [1.165, 1.54) is 6.07 Å². The Morgan fingerprint density at radius 1 is 1.50 bits per heavy atom. The quantitative estimate of drug-likeness (QED) is 0.883. The van der Waals surface area contributed by atoms with E-state index in [0.29, 0.717) is 0 Å². The lowest BCUT2D eigenvalue weighted by Crippen LogP contribution is -2.14. The number of aryl methyl sites for hydroxylation is 1. The molecule has 0 heterocycles. The van der Waals surface area contributed by atoms with E-state index < -0.39 is 0 Å². The molecular formula is C11H15BrFN. The molecule has 0 amide bonds. The molecule has 0 aliphatic heterocycles. The van der Waals surface area contributed by atoms with Gasteiger partial charge in [-0.1, -0.05) is 15.9 Å². The van der Waals surface area contributed by atoms with E-state index in [4.69, 9.17) is 5.73 Å². The van der Waals surface area contributed by atoms with Gasteiger partial charge in [-0.15, -0.1) is 0 Å². The summed E-state index contributed by atoms with van der Waals surface area (Å²) in [4.78, 5) is 0. The first-order chi connectivity index (χ1) is 6.59. The molecule has 0 aliphatic carbocycles. The maximum atomic E-state index is 12.9. The van der Waals surface area contributed by atoms with Crippen LogP contribution in [0.1, 0.15) is 25.3 Å². The molecule has 1 unspecified atom stereocenters. The first-order valence-electron chi connectivity index (χ1n) is 4.79. The van der Waals surface area contributed by atoms with Crippen LogP contribution in [0.15, 0.2) is 22.7 Å². The molecule has 1 rings (SSSR count). The average Bonchev–Trinajstić information content (AvgIpc) is 2.10. The fourth-order valence-electron chi connectivity index (χ4n) is 1.35. The molecule has 0 aliphatic rings. The van der Waals surface area contributed by atoms with Crippen LogP contribution >= 0.6 is 15.9 Å². The van der Waals surface area contributed by atoms with Gasteiger partial charge in [0.1, 0.15) is 5.82 Å². The summed E-state index contributed by atoms with van der Waals surface area (Å²) in [5.74, 6) is -0.177. The summed E-state index contributed by atoms with van der Waals surface area (Å²) in [7, 11) is 0. The van der Waals surface area contributed by atoms with Crippen molar-refractivity contribution in [1.82, 2.24) is 0 Å². The predicted octanol–water partition coefficient (Wildman–Crippen LogP) is 3.26. The molecule has 0 bridgehead atoms. The summed E-state index contributed by atoms with van der Waals surface area (Å²) < 4.78 is 13.9. The van der Waals surface area contributed by atoms with Gasteiger partial charge >= 0.3 is 0 Å². The van der Waals surface area contributed by atoms with E-state index in [1.54, 1.807) is 12.1 Å². The van der Waals surface area contributed by atoms with Gasteiger partial charge in [-0.05, 0) is 49.9 Å². The zero-order valence-electron chi connectivity index (χ0n) is 8.26. The second-order valence-corrected chi connectivity index (χ2v) is 4.46. The van der Waals surface area contributed by atoms with Crippen molar-refractivity contribution in [1.29, 1.82) is 0 Å². The largest absolute Gasteiger partial charge is 0.328 e. The minimum atomic E-state index is -0.177. The molecule has 0 spiro atoms. The smallest absolute Gasteiger partial charge is 0.123 e. The molecule has 1 nitrogen and oxygen atoms in total. The molecule has 0 radical (unpaired) electrons. The number of nitrogens with two attached hydrogens (primary N) is 1. The molecule has 1 aromatic carbocycles. The second-order valence-electron chi connectivity index (χ2n) is 3.61. The minimum Gasteiger partial charge on any atom is -0.328 e. The molecule has 78 valence electrons. The van der Waals surface area contributed by atoms with Crippen LogP contribution in [0.3, 0.4) is 0 Å². The molecule has 1 aromatic rings. The molecule has 0 saturated heterocycles. The topological polar surface area (TPSA) is 26.0 Å². The van der Waals surface area contributed by atoms with E-state index in [9.17, 15) is 4.39 Å². The Morgan fingerprint density at radius 3 is 2.86 bits per heavy atom. The Kier molecular flexibility index (Phi) is 4.55. The third-order valence-corrected chi connectivity index (χ3v) is 2.89. The highest BCUT2D eigenvalue weighted by molar-refractivity contribution is 9.10. The van der Waals surface area contributed by atoms with Crippen molar-refractivity contribution in [2.45, 2.75) is 32.2 Å². The molecule has 0 saturated carbocycles. The maximum absolute atomic E-state index is 12.9. The average molecular weight is 260 g/mol. The summed E-state index contributed by atoms with van der Waals surface area (Å²) in [5, 5.41) is 0. The standard InChI is InChI=1S/C11H15BrFN/c1-8(14)3-2-4-9-7-10(13)5-6-11(9)12/h5-8H,2-4,14H2,1H3. The fourth-order valence-corrected chi connectivity index (χ4v) is 1.79. The zero-order valence-corrected chi connectivity index (χ0v) is 9.85. The lowest BCUT2D eigenvalue weighted by molar-refractivity contribution is 0.610. The van der Waals surface area contributed by atoms with Gasteiger partial charge in [-0.25, -0.2) is 4.39 Å². The summed E-state index contributed by atoms with van der Waals surface area (Å²) in [6.07, 6.45) is 2.85. The van der Waals surface area contributed by atoms with Gasteiger partial charge in [0.05, 0.1) is 0 Å². The highest BCUT2D eigenvalue weighted by Crippen LogP contribution is 2.19. The van der Waals surface area contributed by atoms with Crippen LogP contribution in [0, 0.1) is 5.82 Å². The number of hydrogen-bond donors (Lipinski definition) is 1. The minimum absolute atomic E-state index is 0.177. The van der Waals surface area contributed by atoms with Crippen molar-refractivity contribution < 1.29 is 4.39 Å². The Labute approximate surface area is 92.6 Å². The molecule has 2 N–H and O–H groups in total. The highest BCUT2D eigenvalue weighted by Gasteiger charge is 2.02. The highest BCUT2D eigenvalue weighted by atomic mass is 79.9. The first kappa shape index (κ1) is 11.7. The van der Waals surface area contributed by atoms with Crippen LogP contribution < -0.4 is 5.73 Å². The Bertz CT molecular complexity index is 299. The summed E-state index contributed by atoms with van der Waals surface area (Å²) in [5.41, 5.74) is 6.66. The van der Waals surface area contributed by atoms with Crippen LogP contribution in [0.4, 0.5) is 4.39 Å². The summed E-state index contributed by atoms with van der Waals surface area (Å²) >= 11 is 3.40. The SMILES string of the molecule is CC(N)CCCc1cc(F)ccc1Br. The van der Waals surface area contributed by atoms with Crippen molar-refractivity contribution in [3.63, 3.8) is 0 Å². The predicted molar refractivity (Wildman–Crippen MR) is 60.7 cm³/mol. The van der Waals surface area contributed by atoms with Crippen LogP contribution in [-0.4, -0.2) is 6.04 Å². The van der Waals surface area contributed by atoms with E-state index in [-0.39, 0.29) is 11.9 Å². The number of hydrogen-bond acceptors (Lipinski definition) is 1. The lowest BCUT2D eigenvalue weighted by atomic mass is 10.1.